The second-order valence-electron chi connectivity index (χ2n) is 12.2. The molecule has 234 valence electrons. The summed E-state index contributed by atoms with van der Waals surface area (Å²) in [5, 5.41) is 6.51. The molecule has 0 saturated carbocycles. The summed E-state index contributed by atoms with van der Waals surface area (Å²) >= 11 is 1.39. The van der Waals surface area contributed by atoms with Crippen molar-refractivity contribution in [3.8, 4) is 11.5 Å². The number of anilines is 2. The first kappa shape index (κ1) is 29.6. The fourth-order valence-corrected chi connectivity index (χ4v) is 8.08. The monoisotopic (exact) mass is 626 g/mol. The number of likely N-dealkylation sites (tertiary alicyclic amines) is 2. The van der Waals surface area contributed by atoms with Crippen molar-refractivity contribution in [1.29, 1.82) is 0 Å². The summed E-state index contributed by atoms with van der Waals surface area (Å²) in [6, 6.07) is 16.1. The van der Waals surface area contributed by atoms with Gasteiger partial charge in [0, 0.05) is 30.9 Å². The summed E-state index contributed by atoms with van der Waals surface area (Å²) < 4.78 is 6.00. The highest BCUT2D eigenvalue weighted by Gasteiger charge is 2.47. The van der Waals surface area contributed by atoms with E-state index in [4.69, 9.17) is 4.74 Å². The summed E-state index contributed by atoms with van der Waals surface area (Å²) in [5.74, 6) is 1.42. The highest BCUT2D eigenvalue weighted by molar-refractivity contribution is 8.01. The molecule has 11 heteroatoms. The fourth-order valence-electron chi connectivity index (χ4n) is 6.84. The lowest BCUT2D eigenvalue weighted by Crippen LogP contribution is -2.54. The first-order valence-corrected chi connectivity index (χ1v) is 16.7. The van der Waals surface area contributed by atoms with E-state index in [9.17, 15) is 14.4 Å². The third-order valence-electron chi connectivity index (χ3n) is 9.08. The molecule has 4 aliphatic heterocycles. The van der Waals surface area contributed by atoms with E-state index in [1.165, 1.54) is 18.2 Å². The minimum atomic E-state index is -0.554. The third kappa shape index (κ3) is 6.11. The molecule has 0 aliphatic carbocycles. The minimum Gasteiger partial charge on any atom is -0.457 e. The number of aryl methyl sites for hydroxylation is 1. The van der Waals surface area contributed by atoms with E-state index < -0.39 is 11.3 Å². The minimum absolute atomic E-state index is 0.122. The van der Waals surface area contributed by atoms with Gasteiger partial charge in [-0.15, -0.1) is 0 Å². The number of para-hydroxylation sites is 1. The Hall–Kier alpha value is -4.09. The number of piperidine rings is 2. The Balaban J connectivity index is 1.04. The molecule has 1 aromatic heterocycles. The summed E-state index contributed by atoms with van der Waals surface area (Å²) in [6.45, 7) is 5.60. The Bertz CT molecular complexity index is 1600. The lowest BCUT2D eigenvalue weighted by atomic mass is 9.98. The molecular weight excluding hydrogens is 588 g/mol. The van der Waals surface area contributed by atoms with E-state index in [2.05, 4.69) is 20.5 Å². The van der Waals surface area contributed by atoms with Gasteiger partial charge in [0.25, 0.3) is 0 Å². The summed E-state index contributed by atoms with van der Waals surface area (Å²) in [5.41, 5.74) is 3.19. The number of ether oxygens (including phenoxy) is 1. The molecular formula is C34H38N6O4S. The quantitative estimate of drug-likeness (QED) is 0.374. The largest absolute Gasteiger partial charge is 0.457 e. The van der Waals surface area contributed by atoms with Gasteiger partial charge in [0.1, 0.15) is 21.8 Å². The number of pyridine rings is 1. The van der Waals surface area contributed by atoms with Crippen LogP contribution in [0.1, 0.15) is 49.3 Å². The number of carbonyl (C=O) groups excluding carboxylic acids is 3. The molecule has 2 N–H and O–H groups in total. The van der Waals surface area contributed by atoms with Crippen LogP contribution in [0.15, 0.2) is 65.8 Å². The molecule has 3 atom stereocenters. The molecule has 0 spiro atoms. The Kier molecular flexibility index (Phi) is 8.37. The van der Waals surface area contributed by atoms with Gasteiger partial charge in [-0.25, -0.2) is 9.78 Å². The molecule has 3 aromatic rings. The number of aromatic nitrogens is 1. The van der Waals surface area contributed by atoms with Crippen molar-refractivity contribution in [2.75, 3.05) is 37.6 Å². The predicted octanol–water partition coefficient (Wildman–Crippen LogP) is 5.15. The van der Waals surface area contributed by atoms with E-state index in [-0.39, 0.29) is 23.9 Å². The van der Waals surface area contributed by atoms with Gasteiger partial charge in [0.05, 0.1) is 24.0 Å². The van der Waals surface area contributed by atoms with Crippen molar-refractivity contribution >= 4 is 41.0 Å². The zero-order valence-corrected chi connectivity index (χ0v) is 26.2. The van der Waals surface area contributed by atoms with Crippen molar-refractivity contribution in [2.45, 2.75) is 61.4 Å². The lowest BCUT2D eigenvalue weighted by Gasteiger charge is -2.37. The molecule has 4 amide bonds. The van der Waals surface area contributed by atoms with Gasteiger partial charge in [0.2, 0.25) is 11.8 Å². The molecule has 2 aromatic carbocycles. The highest BCUT2D eigenvalue weighted by atomic mass is 32.2. The van der Waals surface area contributed by atoms with Crippen LogP contribution in [0.4, 0.5) is 16.2 Å². The number of benzene rings is 2. The Morgan fingerprint density at radius 1 is 1.00 bits per heavy atom. The van der Waals surface area contributed by atoms with Crippen LogP contribution in [0.25, 0.3) is 0 Å². The summed E-state index contributed by atoms with van der Waals surface area (Å²) in [7, 11) is 0. The van der Waals surface area contributed by atoms with Gasteiger partial charge < -0.3 is 20.3 Å². The van der Waals surface area contributed by atoms with E-state index in [1.54, 1.807) is 11.1 Å². The van der Waals surface area contributed by atoms with Gasteiger partial charge in [-0.3, -0.25) is 19.4 Å². The zero-order valence-electron chi connectivity index (χ0n) is 25.4. The van der Waals surface area contributed by atoms with Crippen LogP contribution in [0.5, 0.6) is 11.5 Å². The molecule has 2 unspecified atom stereocenters. The summed E-state index contributed by atoms with van der Waals surface area (Å²) in [6.07, 6.45) is 6.90. The number of nitrogens with one attached hydrogen (secondary N) is 2. The van der Waals surface area contributed by atoms with Gasteiger partial charge in [-0.2, -0.15) is 0 Å². The van der Waals surface area contributed by atoms with Crippen LogP contribution < -0.4 is 20.3 Å². The number of thioether (sulfide) groups is 1. The smallest absolute Gasteiger partial charge is 0.327 e. The maximum atomic E-state index is 13.7. The van der Waals surface area contributed by atoms with Crippen LogP contribution in [0.2, 0.25) is 0 Å². The second-order valence-corrected chi connectivity index (χ2v) is 13.4. The number of rotatable bonds is 7. The number of nitrogens with zero attached hydrogens (tertiary/aromatic N) is 4. The highest BCUT2D eigenvalue weighted by Crippen LogP contribution is 2.51. The molecule has 7 rings (SSSR count). The van der Waals surface area contributed by atoms with E-state index in [0.717, 1.165) is 78.6 Å². The molecule has 2 saturated heterocycles. The predicted molar refractivity (Wildman–Crippen MR) is 173 cm³/mol. The molecule has 0 radical (unpaired) electrons. The van der Waals surface area contributed by atoms with Gasteiger partial charge in [0.15, 0.2) is 0 Å². The van der Waals surface area contributed by atoms with E-state index in [1.807, 2.05) is 66.4 Å². The number of urea groups is 1. The average Bonchev–Trinajstić information content (AvgIpc) is 3.42. The van der Waals surface area contributed by atoms with Crippen molar-refractivity contribution in [3.63, 3.8) is 0 Å². The third-order valence-corrected chi connectivity index (χ3v) is 10.4. The van der Waals surface area contributed by atoms with Crippen LogP contribution in [0, 0.1) is 6.92 Å². The summed E-state index contributed by atoms with van der Waals surface area (Å²) in [4.78, 5) is 50.9. The maximum absolute atomic E-state index is 13.7. The van der Waals surface area contributed by atoms with E-state index in [0.29, 0.717) is 18.8 Å². The van der Waals surface area contributed by atoms with Crippen LogP contribution in [-0.2, 0) is 9.59 Å². The zero-order chi connectivity index (χ0) is 30.9. The maximum Gasteiger partial charge on any atom is 0.327 e. The molecule has 10 nitrogen and oxygen atoms in total. The topological polar surface area (TPSA) is 107 Å². The molecule has 4 aliphatic rings. The van der Waals surface area contributed by atoms with E-state index >= 15 is 0 Å². The van der Waals surface area contributed by atoms with Crippen molar-refractivity contribution in [1.82, 2.24) is 25.4 Å². The number of hydrogen-bond acceptors (Lipinski definition) is 7. The lowest BCUT2D eigenvalue weighted by molar-refractivity contribution is -0.135. The van der Waals surface area contributed by atoms with Gasteiger partial charge in [-0.05, 0) is 87.7 Å². The van der Waals surface area contributed by atoms with Crippen molar-refractivity contribution in [3.05, 3.63) is 71.9 Å². The Labute approximate surface area is 267 Å². The van der Waals surface area contributed by atoms with Crippen LogP contribution in [-0.4, -0.2) is 76.6 Å². The number of carbonyl (C=O) groups is 3. The Morgan fingerprint density at radius 2 is 1.82 bits per heavy atom. The Morgan fingerprint density at radius 3 is 2.62 bits per heavy atom. The fraction of sp³-hybridized carbons (Fsp3) is 0.412. The second kappa shape index (κ2) is 12.7. The van der Waals surface area contributed by atoms with Crippen LogP contribution in [0.3, 0.4) is 0 Å². The molecule has 45 heavy (non-hydrogen) atoms. The SMILES string of the molecule is Cc1cc(Oc2ccccc2)ccc1N1C(=O)NC2c3c1ccnc3S[C@H]2C(=O)NC1CCCN(C(=O)CN2CCCCC2)C1. The molecule has 0 bridgehead atoms. The standard InChI is InChI=1S/C34H38N6O4S/c1-22-19-25(44-24-10-4-2-5-11-24)12-13-26(22)40-27-14-15-35-33-29(27)30(37-34(40)43)31(45-33)32(42)36-23-9-8-18-39(20-23)28(41)21-38-16-6-3-7-17-38/h2,4-5,10-15,19,23,30-31H,3,6-9,16-18,20-21H2,1H3,(H,36,42)(H,37,43)/t23?,30?,31-/m1/s1. The normalized spacial score (nSPS) is 22.9. The number of hydrogen-bond donors (Lipinski definition) is 2. The average molecular weight is 627 g/mol. The number of amides is 4. The molecule has 2 fully saturated rings. The van der Waals surface area contributed by atoms with Gasteiger partial charge >= 0.3 is 6.03 Å². The molecule has 5 heterocycles. The van der Waals surface area contributed by atoms with Crippen molar-refractivity contribution < 1.29 is 19.1 Å². The van der Waals surface area contributed by atoms with Crippen LogP contribution >= 0.6 is 11.8 Å². The van der Waals surface area contributed by atoms with Gasteiger partial charge in [-0.1, -0.05) is 36.4 Å². The van der Waals surface area contributed by atoms with Crippen molar-refractivity contribution in [2.24, 2.45) is 0 Å². The first-order chi connectivity index (χ1) is 21.9. The first-order valence-electron chi connectivity index (χ1n) is 15.8.